The molecular formula is C15H23ClN2. The second kappa shape index (κ2) is 5.92. The summed E-state index contributed by atoms with van der Waals surface area (Å²) in [6.45, 7) is 8.73. The molecular weight excluding hydrogens is 244 g/mol. The molecule has 2 nitrogen and oxygen atoms in total. The molecule has 18 heavy (non-hydrogen) atoms. The topological polar surface area (TPSA) is 16.1 Å². The molecule has 0 N–H and O–H groups in total. The summed E-state index contributed by atoms with van der Waals surface area (Å²) in [6.07, 6.45) is 3.87. The van der Waals surface area contributed by atoms with E-state index in [1.54, 1.807) is 0 Å². The summed E-state index contributed by atoms with van der Waals surface area (Å²) in [6, 6.07) is 2.13. The van der Waals surface area contributed by atoms with Gasteiger partial charge < -0.3 is 4.90 Å². The Bertz CT molecular complexity index is 409. The molecule has 2 heterocycles. The van der Waals surface area contributed by atoms with E-state index in [1.165, 1.54) is 30.4 Å². The van der Waals surface area contributed by atoms with Crippen molar-refractivity contribution in [3.05, 3.63) is 22.9 Å². The number of rotatable bonds is 3. The van der Waals surface area contributed by atoms with Gasteiger partial charge in [0.1, 0.15) is 5.82 Å². The smallest absolute Gasteiger partial charge is 0.133 e. The van der Waals surface area contributed by atoms with Gasteiger partial charge in [0.05, 0.1) is 5.88 Å². The molecule has 1 saturated heterocycles. The lowest BCUT2D eigenvalue weighted by Crippen LogP contribution is -2.35. The third kappa shape index (κ3) is 2.80. The first-order valence-electron chi connectivity index (χ1n) is 6.93. The Morgan fingerprint density at radius 2 is 2.00 bits per heavy atom. The second-order valence-electron chi connectivity index (χ2n) is 5.35. The number of aromatic nitrogens is 1. The summed E-state index contributed by atoms with van der Waals surface area (Å²) in [5, 5.41) is 0. The quantitative estimate of drug-likeness (QED) is 0.767. The minimum atomic E-state index is 0.558. The molecule has 0 bridgehead atoms. The minimum Gasteiger partial charge on any atom is -0.356 e. The summed E-state index contributed by atoms with van der Waals surface area (Å²) in [7, 11) is 0. The lowest BCUT2D eigenvalue weighted by Gasteiger charge is -2.34. The highest BCUT2D eigenvalue weighted by molar-refractivity contribution is 6.17. The molecule has 1 aliphatic heterocycles. The van der Waals surface area contributed by atoms with Crippen LogP contribution in [0.1, 0.15) is 43.0 Å². The molecule has 0 atom stereocenters. The number of aryl methyl sites for hydroxylation is 2. The molecule has 0 radical (unpaired) electrons. The Morgan fingerprint density at radius 3 is 2.56 bits per heavy atom. The maximum absolute atomic E-state index is 6.10. The molecule has 2 rings (SSSR count). The summed E-state index contributed by atoms with van der Waals surface area (Å²) >= 11 is 6.10. The Labute approximate surface area is 115 Å². The summed E-state index contributed by atoms with van der Waals surface area (Å²) < 4.78 is 0. The zero-order chi connectivity index (χ0) is 13.1. The van der Waals surface area contributed by atoms with Crippen LogP contribution in [0.2, 0.25) is 0 Å². The van der Waals surface area contributed by atoms with Crippen LogP contribution < -0.4 is 4.90 Å². The molecule has 100 valence electrons. The SMILES string of the molecule is CCC1CCN(c2nc(C)cc(C)c2CCl)CC1. The zero-order valence-corrected chi connectivity index (χ0v) is 12.4. The van der Waals surface area contributed by atoms with Crippen molar-refractivity contribution in [3.8, 4) is 0 Å². The lowest BCUT2D eigenvalue weighted by molar-refractivity contribution is 0.393. The van der Waals surface area contributed by atoms with E-state index in [0.29, 0.717) is 5.88 Å². The van der Waals surface area contributed by atoms with Crippen molar-refractivity contribution in [3.63, 3.8) is 0 Å². The molecule has 1 fully saturated rings. The Kier molecular flexibility index (Phi) is 4.50. The molecule has 0 amide bonds. The molecule has 0 aromatic carbocycles. The second-order valence-corrected chi connectivity index (χ2v) is 5.62. The average Bonchev–Trinajstić information content (AvgIpc) is 2.38. The lowest BCUT2D eigenvalue weighted by atomic mass is 9.94. The van der Waals surface area contributed by atoms with Gasteiger partial charge in [-0.25, -0.2) is 4.98 Å². The molecule has 1 aromatic rings. The van der Waals surface area contributed by atoms with Crippen molar-refractivity contribution in [1.29, 1.82) is 0 Å². The number of hydrogen-bond acceptors (Lipinski definition) is 2. The number of hydrogen-bond donors (Lipinski definition) is 0. The maximum atomic E-state index is 6.10. The van der Waals surface area contributed by atoms with E-state index in [4.69, 9.17) is 16.6 Å². The fourth-order valence-corrected chi connectivity index (χ4v) is 3.15. The number of piperidine rings is 1. The van der Waals surface area contributed by atoms with Crippen LogP contribution in [0, 0.1) is 19.8 Å². The van der Waals surface area contributed by atoms with Crippen molar-refractivity contribution in [2.24, 2.45) is 5.92 Å². The van der Waals surface area contributed by atoms with Crippen LogP contribution in [0.25, 0.3) is 0 Å². The average molecular weight is 267 g/mol. The molecule has 1 aromatic heterocycles. The van der Waals surface area contributed by atoms with Crippen LogP contribution >= 0.6 is 11.6 Å². The van der Waals surface area contributed by atoms with E-state index in [0.717, 1.165) is 30.5 Å². The van der Waals surface area contributed by atoms with Crippen molar-refractivity contribution < 1.29 is 0 Å². The molecule has 0 aliphatic carbocycles. The first-order chi connectivity index (χ1) is 8.65. The van der Waals surface area contributed by atoms with Crippen molar-refractivity contribution in [1.82, 2.24) is 4.98 Å². The van der Waals surface area contributed by atoms with Crippen LogP contribution in [0.5, 0.6) is 0 Å². The van der Waals surface area contributed by atoms with Crippen molar-refractivity contribution in [2.45, 2.75) is 45.9 Å². The van der Waals surface area contributed by atoms with Gasteiger partial charge in [0.15, 0.2) is 0 Å². The molecule has 1 aliphatic rings. The summed E-state index contributed by atoms with van der Waals surface area (Å²) in [5.74, 6) is 2.57. The van der Waals surface area contributed by atoms with Crippen LogP contribution in [-0.2, 0) is 5.88 Å². The first-order valence-corrected chi connectivity index (χ1v) is 7.47. The van der Waals surface area contributed by atoms with Crippen LogP contribution in [0.3, 0.4) is 0 Å². The minimum absolute atomic E-state index is 0.558. The Balaban J connectivity index is 2.23. The highest BCUT2D eigenvalue weighted by Gasteiger charge is 2.21. The molecule has 0 unspecified atom stereocenters. The van der Waals surface area contributed by atoms with Crippen LogP contribution in [-0.4, -0.2) is 18.1 Å². The van der Waals surface area contributed by atoms with Crippen LogP contribution in [0.15, 0.2) is 6.07 Å². The van der Waals surface area contributed by atoms with E-state index in [1.807, 2.05) is 0 Å². The maximum Gasteiger partial charge on any atom is 0.133 e. The summed E-state index contributed by atoms with van der Waals surface area (Å²) in [4.78, 5) is 7.14. The fourth-order valence-electron chi connectivity index (χ4n) is 2.82. The number of pyridine rings is 1. The van der Waals surface area contributed by atoms with Gasteiger partial charge in [0, 0.05) is 24.3 Å². The van der Waals surface area contributed by atoms with Gasteiger partial charge in [-0.2, -0.15) is 0 Å². The highest BCUT2D eigenvalue weighted by Crippen LogP contribution is 2.29. The van der Waals surface area contributed by atoms with E-state index in [2.05, 4.69) is 31.7 Å². The van der Waals surface area contributed by atoms with Gasteiger partial charge in [-0.3, -0.25) is 0 Å². The van der Waals surface area contributed by atoms with Gasteiger partial charge in [0.2, 0.25) is 0 Å². The number of anilines is 1. The van der Waals surface area contributed by atoms with E-state index in [-0.39, 0.29) is 0 Å². The van der Waals surface area contributed by atoms with Gasteiger partial charge in [-0.05, 0) is 44.2 Å². The monoisotopic (exact) mass is 266 g/mol. The van der Waals surface area contributed by atoms with Crippen molar-refractivity contribution >= 4 is 17.4 Å². The molecule has 0 saturated carbocycles. The standard InChI is InChI=1S/C15H23ClN2/c1-4-13-5-7-18(8-6-13)15-14(10-16)11(2)9-12(3)17-15/h9,13H,4-8,10H2,1-3H3. The highest BCUT2D eigenvalue weighted by atomic mass is 35.5. The normalized spacial score (nSPS) is 17.2. The molecule has 0 spiro atoms. The van der Waals surface area contributed by atoms with Gasteiger partial charge in [-0.15, -0.1) is 11.6 Å². The van der Waals surface area contributed by atoms with E-state index < -0.39 is 0 Å². The van der Waals surface area contributed by atoms with Gasteiger partial charge >= 0.3 is 0 Å². The Hall–Kier alpha value is -0.760. The number of halogens is 1. The number of nitrogens with zero attached hydrogens (tertiary/aromatic N) is 2. The third-order valence-corrected chi connectivity index (χ3v) is 4.35. The predicted octanol–water partition coefficient (Wildman–Crippen LogP) is 4.06. The predicted molar refractivity (Wildman–Crippen MR) is 78.5 cm³/mol. The number of alkyl halides is 1. The Morgan fingerprint density at radius 1 is 1.33 bits per heavy atom. The van der Waals surface area contributed by atoms with Gasteiger partial charge in [0.25, 0.3) is 0 Å². The summed E-state index contributed by atoms with van der Waals surface area (Å²) in [5.41, 5.74) is 3.57. The third-order valence-electron chi connectivity index (χ3n) is 4.08. The van der Waals surface area contributed by atoms with Crippen LogP contribution in [0.4, 0.5) is 5.82 Å². The van der Waals surface area contributed by atoms with Crippen molar-refractivity contribution in [2.75, 3.05) is 18.0 Å². The zero-order valence-electron chi connectivity index (χ0n) is 11.7. The largest absolute Gasteiger partial charge is 0.356 e. The van der Waals surface area contributed by atoms with E-state index in [9.17, 15) is 0 Å². The van der Waals surface area contributed by atoms with Gasteiger partial charge in [-0.1, -0.05) is 13.3 Å². The fraction of sp³-hybridized carbons (Fsp3) is 0.667. The molecule has 3 heteroatoms. The first kappa shape index (κ1) is 13.7. The van der Waals surface area contributed by atoms with E-state index >= 15 is 0 Å².